The first-order chi connectivity index (χ1) is 10.5. The molecule has 0 saturated carbocycles. The number of aliphatic carboxylic acids is 1. The van der Waals surface area contributed by atoms with Gasteiger partial charge in [0.05, 0.1) is 11.7 Å². The Labute approximate surface area is 129 Å². The van der Waals surface area contributed by atoms with Crippen molar-refractivity contribution in [2.24, 2.45) is 0 Å². The average Bonchev–Trinajstić information content (AvgIpc) is 2.53. The minimum Gasteiger partial charge on any atom is -0.543 e. The number of nitrogens with one attached hydrogen (secondary N) is 1. The number of amides is 1. The summed E-state index contributed by atoms with van der Waals surface area (Å²) in [5, 5.41) is 13.8. The second kappa shape index (κ2) is 6.72. The molecule has 0 saturated heterocycles. The second-order valence-corrected chi connectivity index (χ2v) is 4.97. The van der Waals surface area contributed by atoms with Crippen LogP contribution in [0.4, 0.5) is 0 Å². The SMILES string of the molecule is C/C(=C(\NC(=O)c1ccccc1)C(=O)[O-])c1ccc(C)cc1. The van der Waals surface area contributed by atoms with Gasteiger partial charge in [-0.05, 0) is 37.1 Å². The van der Waals surface area contributed by atoms with Crippen LogP contribution in [0.1, 0.15) is 28.4 Å². The largest absolute Gasteiger partial charge is 0.543 e. The van der Waals surface area contributed by atoms with Crippen LogP contribution in [0.15, 0.2) is 60.3 Å². The van der Waals surface area contributed by atoms with E-state index in [1.807, 2.05) is 31.2 Å². The number of carboxylic acids is 1. The molecule has 0 aliphatic heterocycles. The number of hydrogen-bond acceptors (Lipinski definition) is 3. The normalized spacial score (nSPS) is 11.5. The van der Waals surface area contributed by atoms with Crippen molar-refractivity contribution in [2.45, 2.75) is 13.8 Å². The smallest absolute Gasteiger partial charge is 0.255 e. The van der Waals surface area contributed by atoms with Crippen molar-refractivity contribution in [1.29, 1.82) is 0 Å². The Morgan fingerprint density at radius 3 is 2.05 bits per heavy atom. The third-order valence-electron chi connectivity index (χ3n) is 3.34. The van der Waals surface area contributed by atoms with E-state index >= 15 is 0 Å². The molecule has 0 aliphatic carbocycles. The number of rotatable bonds is 4. The Kier molecular flexibility index (Phi) is 4.73. The number of carboxylic acid groups (broad SMARTS) is 1. The summed E-state index contributed by atoms with van der Waals surface area (Å²) in [5.41, 5.74) is 2.40. The van der Waals surface area contributed by atoms with Gasteiger partial charge in [0, 0.05) is 5.56 Å². The highest BCUT2D eigenvalue weighted by molar-refractivity contribution is 6.03. The zero-order valence-electron chi connectivity index (χ0n) is 12.4. The maximum atomic E-state index is 12.1. The first-order valence-corrected chi connectivity index (χ1v) is 6.84. The molecule has 2 aromatic carbocycles. The predicted octanol–water partition coefficient (Wildman–Crippen LogP) is 1.91. The maximum absolute atomic E-state index is 12.1. The lowest BCUT2D eigenvalue weighted by Crippen LogP contribution is -2.36. The zero-order valence-corrected chi connectivity index (χ0v) is 12.4. The molecule has 0 aliphatic rings. The molecule has 4 heteroatoms. The Morgan fingerprint density at radius 1 is 0.909 bits per heavy atom. The van der Waals surface area contributed by atoms with Gasteiger partial charge in [0.15, 0.2) is 0 Å². The minimum absolute atomic E-state index is 0.224. The molecule has 2 aromatic rings. The van der Waals surface area contributed by atoms with E-state index in [1.54, 1.807) is 37.3 Å². The topological polar surface area (TPSA) is 69.2 Å². The van der Waals surface area contributed by atoms with Gasteiger partial charge in [-0.25, -0.2) is 0 Å². The summed E-state index contributed by atoms with van der Waals surface area (Å²) in [7, 11) is 0. The lowest BCUT2D eigenvalue weighted by atomic mass is 10.0. The average molecular weight is 294 g/mol. The van der Waals surface area contributed by atoms with Crippen LogP contribution in [-0.2, 0) is 4.79 Å². The maximum Gasteiger partial charge on any atom is 0.255 e. The summed E-state index contributed by atoms with van der Waals surface area (Å²) in [6, 6.07) is 15.8. The summed E-state index contributed by atoms with van der Waals surface area (Å²) < 4.78 is 0. The number of carbonyl (C=O) groups excluding carboxylic acids is 2. The molecule has 112 valence electrons. The highest BCUT2D eigenvalue weighted by Gasteiger charge is 2.12. The van der Waals surface area contributed by atoms with E-state index in [2.05, 4.69) is 5.32 Å². The summed E-state index contributed by atoms with van der Waals surface area (Å²) in [4.78, 5) is 23.5. The lowest BCUT2D eigenvalue weighted by Gasteiger charge is -2.15. The third kappa shape index (κ3) is 3.61. The molecule has 1 N–H and O–H groups in total. The summed E-state index contributed by atoms with van der Waals surface area (Å²) >= 11 is 0. The van der Waals surface area contributed by atoms with Gasteiger partial charge in [0.1, 0.15) is 0 Å². The number of aryl methyl sites for hydroxylation is 1. The van der Waals surface area contributed by atoms with E-state index in [-0.39, 0.29) is 5.70 Å². The molecule has 0 spiro atoms. The van der Waals surface area contributed by atoms with E-state index in [4.69, 9.17) is 0 Å². The summed E-state index contributed by atoms with van der Waals surface area (Å²) in [5.74, 6) is -1.89. The summed E-state index contributed by atoms with van der Waals surface area (Å²) in [6.07, 6.45) is 0. The van der Waals surface area contributed by atoms with Crippen molar-refractivity contribution < 1.29 is 14.7 Å². The van der Waals surface area contributed by atoms with Crippen molar-refractivity contribution in [3.63, 3.8) is 0 Å². The molecule has 4 nitrogen and oxygen atoms in total. The van der Waals surface area contributed by atoms with Crippen molar-refractivity contribution in [3.8, 4) is 0 Å². The lowest BCUT2D eigenvalue weighted by molar-refractivity contribution is -0.299. The first-order valence-electron chi connectivity index (χ1n) is 6.84. The predicted molar refractivity (Wildman–Crippen MR) is 82.7 cm³/mol. The fourth-order valence-corrected chi connectivity index (χ4v) is 2.02. The van der Waals surface area contributed by atoms with Crippen molar-refractivity contribution >= 4 is 17.4 Å². The fraction of sp³-hybridized carbons (Fsp3) is 0.111. The number of carbonyl (C=O) groups is 2. The molecule has 22 heavy (non-hydrogen) atoms. The Bertz CT molecular complexity index is 716. The molecule has 0 bridgehead atoms. The first kappa shape index (κ1) is 15.5. The van der Waals surface area contributed by atoms with Crippen LogP contribution in [0.25, 0.3) is 5.57 Å². The quantitative estimate of drug-likeness (QED) is 0.876. The molecule has 0 aromatic heterocycles. The van der Waals surface area contributed by atoms with Crippen molar-refractivity contribution in [1.82, 2.24) is 5.32 Å². The molecular weight excluding hydrogens is 278 g/mol. The van der Waals surface area contributed by atoms with Crippen LogP contribution in [0, 0.1) is 6.92 Å². The zero-order chi connectivity index (χ0) is 16.1. The van der Waals surface area contributed by atoms with Crippen LogP contribution in [-0.4, -0.2) is 11.9 Å². The molecular formula is C18H16NO3-. The van der Waals surface area contributed by atoms with E-state index in [0.29, 0.717) is 11.1 Å². The van der Waals surface area contributed by atoms with E-state index in [1.165, 1.54) is 0 Å². The van der Waals surface area contributed by atoms with Crippen LogP contribution >= 0.6 is 0 Å². The molecule has 0 unspecified atom stereocenters. The Morgan fingerprint density at radius 2 is 1.50 bits per heavy atom. The van der Waals surface area contributed by atoms with Gasteiger partial charge in [-0.1, -0.05) is 48.0 Å². The number of allylic oxidation sites excluding steroid dienone is 1. The van der Waals surface area contributed by atoms with E-state index < -0.39 is 11.9 Å². The molecule has 2 rings (SSSR count). The molecule has 0 heterocycles. The Hall–Kier alpha value is -2.88. The van der Waals surface area contributed by atoms with Crippen LogP contribution in [0.2, 0.25) is 0 Å². The van der Waals surface area contributed by atoms with Crippen LogP contribution in [0.3, 0.4) is 0 Å². The molecule has 0 fully saturated rings. The van der Waals surface area contributed by atoms with Gasteiger partial charge < -0.3 is 15.2 Å². The van der Waals surface area contributed by atoms with Gasteiger partial charge >= 0.3 is 0 Å². The highest BCUT2D eigenvalue weighted by Crippen LogP contribution is 2.17. The van der Waals surface area contributed by atoms with Crippen LogP contribution in [0.5, 0.6) is 0 Å². The molecule has 0 radical (unpaired) electrons. The van der Waals surface area contributed by atoms with Gasteiger partial charge in [0.2, 0.25) is 0 Å². The van der Waals surface area contributed by atoms with Crippen molar-refractivity contribution in [2.75, 3.05) is 0 Å². The molecule has 1 amide bonds. The van der Waals surface area contributed by atoms with Crippen molar-refractivity contribution in [3.05, 3.63) is 77.0 Å². The highest BCUT2D eigenvalue weighted by atomic mass is 16.4. The van der Waals surface area contributed by atoms with Gasteiger partial charge in [0.25, 0.3) is 5.91 Å². The standard InChI is InChI=1S/C18H17NO3/c1-12-8-10-14(11-9-12)13(2)16(18(21)22)19-17(20)15-6-4-3-5-7-15/h3-11H,1-2H3,(H,19,20)(H,21,22)/p-1/b16-13+. The minimum atomic E-state index is -1.41. The van der Waals surface area contributed by atoms with E-state index in [9.17, 15) is 14.7 Å². The monoisotopic (exact) mass is 294 g/mol. The number of hydrogen-bond donors (Lipinski definition) is 1. The van der Waals surface area contributed by atoms with Gasteiger partial charge in [-0.3, -0.25) is 4.79 Å². The van der Waals surface area contributed by atoms with Crippen LogP contribution < -0.4 is 10.4 Å². The third-order valence-corrected chi connectivity index (χ3v) is 3.34. The number of benzene rings is 2. The molecule has 0 atom stereocenters. The summed E-state index contributed by atoms with van der Waals surface area (Å²) in [6.45, 7) is 3.58. The van der Waals surface area contributed by atoms with Gasteiger partial charge in [-0.15, -0.1) is 0 Å². The Balaban J connectivity index is 2.33. The van der Waals surface area contributed by atoms with Gasteiger partial charge in [-0.2, -0.15) is 0 Å². The fourth-order valence-electron chi connectivity index (χ4n) is 2.02. The second-order valence-electron chi connectivity index (χ2n) is 4.97. The van der Waals surface area contributed by atoms with E-state index in [0.717, 1.165) is 11.1 Å².